The maximum Gasteiger partial charge on any atom is 0.328 e. The minimum absolute atomic E-state index is 0.00237. The van der Waals surface area contributed by atoms with Crippen molar-refractivity contribution in [2.45, 2.75) is 13.0 Å². The monoisotopic (exact) mass is 314 g/mol. The molecule has 0 aliphatic rings. The second-order valence-electron chi connectivity index (χ2n) is 5.88. The van der Waals surface area contributed by atoms with Crippen LogP contribution in [-0.2, 0) is 27.1 Å². The molecule has 1 heterocycles. The molecule has 23 heavy (non-hydrogen) atoms. The summed E-state index contributed by atoms with van der Waals surface area (Å²) >= 11 is 0. The van der Waals surface area contributed by atoms with Crippen LogP contribution >= 0.6 is 0 Å². The van der Waals surface area contributed by atoms with Crippen molar-refractivity contribution in [3.63, 3.8) is 0 Å². The molecule has 5 heteroatoms. The van der Waals surface area contributed by atoms with E-state index in [4.69, 9.17) is 0 Å². The van der Waals surface area contributed by atoms with Gasteiger partial charge >= 0.3 is 5.69 Å². The summed E-state index contributed by atoms with van der Waals surface area (Å²) in [7, 11) is 3.59. The van der Waals surface area contributed by atoms with Crippen LogP contribution in [0.1, 0.15) is 11.1 Å². The Hall–Kier alpha value is -2.40. The van der Waals surface area contributed by atoms with Gasteiger partial charge in [-0.15, -0.1) is 0 Å². The zero-order chi connectivity index (χ0) is 16.4. The minimum atomic E-state index is -0.195. The van der Waals surface area contributed by atoms with Crippen LogP contribution in [-0.4, -0.2) is 15.7 Å². The molecule has 2 aromatic carbocycles. The average molecular weight is 314 g/mol. The number of benzene rings is 2. The Morgan fingerprint density at radius 3 is 2.35 bits per heavy atom. The summed E-state index contributed by atoms with van der Waals surface area (Å²) in [4.78, 5) is 11.9. The van der Waals surface area contributed by atoms with Gasteiger partial charge in [0.25, 0.3) is 0 Å². The fourth-order valence-electron chi connectivity index (χ4n) is 2.87. The molecule has 4 nitrogen and oxygen atoms in total. The Morgan fingerprint density at radius 1 is 0.957 bits per heavy atom. The van der Waals surface area contributed by atoms with Crippen LogP contribution in [0.2, 0.25) is 0 Å². The van der Waals surface area contributed by atoms with Crippen LogP contribution in [0, 0.1) is 5.82 Å². The first-order chi connectivity index (χ1) is 11.1. The predicted octanol–water partition coefficient (Wildman–Crippen LogP) is 1.32. The largest absolute Gasteiger partial charge is 0.342 e. The lowest BCUT2D eigenvalue weighted by Gasteiger charge is -2.04. The number of imidazole rings is 1. The van der Waals surface area contributed by atoms with Crippen molar-refractivity contribution in [2.24, 2.45) is 14.1 Å². The van der Waals surface area contributed by atoms with Crippen molar-refractivity contribution in [3.8, 4) is 0 Å². The van der Waals surface area contributed by atoms with Crippen LogP contribution < -0.4 is 11.0 Å². The van der Waals surface area contributed by atoms with Gasteiger partial charge in [-0.2, -0.15) is 0 Å². The predicted molar refractivity (Wildman–Crippen MR) is 88.8 cm³/mol. The SMILES string of the molecule is Cn1c(=O)n(C)c2cc(C[NH2+]CCc3ccc(F)cc3)ccc21. The summed E-state index contributed by atoms with van der Waals surface area (Å²) in [5, 5.41) is 2.23. The summed E-state index contributed by atoms with van der Waals surface area (Å²) in [5.41, 5.74) is 4.24. The summed E-state index contributed by atoms with van der Waals surface area (Å²) < 4.78 is 16.2. The molecule has 0 bridgehead atoms. The van der Waals surface area contributed by atoms with E-state index >= 15 is 0 Å². The van der Waals surface area contributed by atoms with Crippen molar-refractivity contribution in [3.05, 3.63) is 69.9 Å². The number of aromatic nitrogens is 2. The van der Waals surface area contributed by atoms with Crippen molar-refractivity contribution in [2.75, 3.05) is 6.54 Å². The van der Waals surface area contributed by atoms with E-state index < -0.39 is 0 Å². The highest BCUT2D eigenvalue weighted by Gasteiger charge is 2.08. The van der Waals surface area contributed by atoms with Gasteiger partial charge in [0.1, 0.15) is 12.4 Å². The smallest absolute Gasteiger partial charge is 0.328 e. The van der Waals surface area contributed by atoms with Gasteiger partial charge in [-0.1, -0.05) is 18.2 Å². The molecule has 0 amide bonds. The number of aryl methyl sites for hydroxylation is 2. The highest BCUT2D eigenvalue weighted by atomic mass is 19.1. The number of fused-ring (bicyclic) bond motifs is 1. The number of quaternary nitrogens is 1. The van der Waals surface area contributed by atoms with E-state index in [1.807, 2.05) is 18.2 Å². The van der Waals surface area contributed by atoms with E-state index in [0.717, 1.165) is 36.1 Å². The molecule has 0 saturated heterocycles. The van der Waals surface area contributed by atoms with E-state index in [2.05, 4.69) is 17.4 Å². The summed E-state index contributed by atoms with van der Waals surface area (Å²) in [6.07, 6.45) is 0.909. The second kappa shape index (κ2) is 6.38. The van der Waals surface area contributed by atoms with Crippen molar-refractivity contribution in [1.29, 1.82) is 0 Å². The standard InChI is InChI=1S/C18H20FN3O/c1-21-16-8-5-14(11-17(16)22(2)18(21)23)12-20-10-9-13-3-6-15(19)7-4-13/h3-8,11,20H,9-10,12H2,1-2H3/p+1. The maximum absolute atomic E-state index is 12.9. The molecule has 0 atom stereocenters. The summed E-state index contributed by atoms with van der Waals surface area (Å²) in [5.74, 6) is -0.195. The van der Waals surface area contributed by atoms with Gasteiger partial charge in [0, 0.05) is 26.1 Å². The number of halogens is 1. The van der Waals surface area contributed by atoms with Crippen LogP contribution in [0.3, 0.4) is 0 Å². The van der Waals surface area contributed by atoms with Crippen molar-refractivity contribution < 1.29 is 9.71 Å². The van der Waals surface area contributed by atoms with Crippen LogP contribution in [0.25, 0.3) is 11.0 Å². The summed E-state index contributed by atoms with van der Waals surface area (Å²) in [6, 6.07) is 12.8. The van der Waals surface area contributed by atoms with Gasteiger partial charge < -0.3 is 5.32 Å². The van der Waals surface area contributed by atoms with Crippen molar-refractivity contribution in [1.82, 2.24) is 9.13 Å². The Labute approximate surface area is 134 Å². The molecule has 1 aromatic heterocycles. The molecule has 0 radical (unpaired) electrons. The molecule has 0 aliphatic heterocycles. The molecular weight excluding hydrogens is 293 g/mol. The Bertz CT molecular complexity index is 878. The van der Waals surface area contributed by atoms with Crippen LogP contribution in [0.4, 0.5) is 4.39 Å². The zero-order valence-electron chi connectivity index (χ0n) is 13.4. The fraction of sp³-hybridized carbons (Fsp3) is 0.278. The molecule has 120 valence electrons. The summed E-state index contributed by atoms with van der Waals surface area (Å²) in [6.45, 7) is 1.80. The first-order valence-electron chi connectivity index (χ1n) is 7.76. The molecule has 0 spiro atoms. The van der Waals surface area contributed by atoms with Crippen LogP contribution in [0.15, 0.2) is 47.3 Å². The Balaban J connectivity index is 1.62. The van der Waals surface area contributed by atoms with E-state index in [9.17, 15) is 9.18 Å². The third kappa shape index (κ3) is 3.19. The van der Waals surface area contributed by atoms with Gasteiger partial charge in [-0.25, -0.2) is 9.18 Å². The van der Waals surface area contributed by atoms with E-state index in [-0.39, 0.29) is 11.5 Å². The first kappa shape index (κ1) is 15.5. The van der Waals surface area contributed by atoms with E-state index in [1.54, 1.807) is 23.2 Å². The molecule has 3 rings (SSSR count). The maximum atomic E-state index is 12.9. The quantitative estimate of drug-likeness (QED) is 0.709. The van der Waals surface area contributed by atoms with Gasteiger partial charge in [0.2, 0.25) is 0 Å². The number of hydrogen-bond donors (Lipinski definition) is 1. The Kier molecular flexibility index (Phi) is 4.30. The zero-order valence-corrected chi connectivity index (χ0v) is 13.4. The molecule has 2 N–H and O–H groups in total. The van der Waals surface area contributed by atoms with Crippen LogP contribution in [0.5, 0.6) is 0 Å². The normalized spacial score (nSPS) is 11.3. The third-order valence-corrected chi connectivity index (χ3v) is 4.27. The highest BCUT2D eigenvalue weighted by Crippen LogP contribution is 2.13. The molecular formula is C18H21FN3O+. The third-order valence-electron chi connectivity index (χ3n) is 4.27. The molecule has 0 unspecified atom stereocenters. The first-order valence-corrected chi connectivity index (χ1v) is 7.76. The number of hydrogen-bond acceptors (Lipinski definition) is 1. The highest BCUT2D eigenvalue weighted by molar-refractivity contribution is 5.76. The minimum Gasteiger partial charge on any atom is -0.342 e. The van der Waals surface area contributed by atoms with Gasteiger partial charge in [-0.05, 0) is 29.8 Å². The molecule has 0 aliphatic carbocycles. The average Bonchev–Trinajstić information content (AvgIpc) is 2.78. The Morgan fingerprint density at radius 2 is 1.61 bits per heavy atom. The fourth-order valence-corrected chi connectivity index (χ4v) is 2.87. The van der Waals surface area contributed by atoms with Gasteiger partial charge in [0.15, 0.2) is 0 Å². The second-order valence-corrected chi connectivity index (χ2v) is 5.88. The number of nitrogens with zero attached hydrogens (tertiary/aromatic N) is 2. The van der Waals surface area contributed by atoms with Gasteiger partial charge in [-0.3, -0.25) is 9.13 Å². The van der Waals surface area contributed by atoms with E-state index in [0.29, 0.717) is 0 Å². The lowest BCUT2D eigenvalue weighted by molar-refractivity contribution is -0.670. The molecule has 3 aromatic rings. The topological polar surface area (TPSA) is 43.5 Å². The van der Waals surface area contributed by atoms with Gasteiger partial charge in [0.05, 0.1) is 17.6 Å². The molecule has 0 saturated carbocycles. The van der Waals surface area contributed by atoms with Crippen molar-refractivity contribution >= 4 is 11.0 Å². The number of nitrogens with two attached hydrogens (primary N) is 1. The number of rotatable bonds is 5. The lowest BCUT2D eigenvalue weighted by atomic mass is 10.1. The molecule has 0 fully saturated rings. The van der Waals surface area contributed by atoms with E-state index in [1.165, 1.54) is 17.7 Å². The lowest BCUT2D eigenvalue weighted by Crippen LogP contribution is -2.83.